The molecule has 66 valence electrons. The molecule has 2 heteroatoms. The second-order valence-corrected chi connectivity index (χ2v) is 3.48. The summed E-state index contributed by atoms with van der Waals surface area (Å²) < 4.78 is 0.501. The molecule has 0 saturated heterocycles. The van der Waals surface area contributed by atoms with Crippen LogP contribution < -0.4 is 4.00 Å². The molecule has 0 fully saturated rings. The van der Waals surface area contributed by atoms with E-state index in [1.807, 2.05) is 18.2 Å². The smallest absolute Gasteiger partial charge is 0.171 e. The molecule has 0 aliphatic heterocycles. The molecule has 0 aliphatic carbocycles. The van der Waals surface area contributed by atoms with E-state index in [2.05, 4.69) is 26.0 Å². The van der Waals surface area contributed by atoms with Gasteiger partial charge in [0, 0.05) is 12.1 Å². The molecule has 0 aromatic heterocycles. The van der Waals surface area contributed by atoms with Gasteiger partial charge in [0.25, 0.3) is 0 Å². The van der Waals surface area contributed by atoms with Crippen molar-refractivity contribution in [2.24, 2.45) is 0 Å². The summed E-state index contributed by atoms with van der Waals surface area (Å²) in [6.07, 6.45) is 0. The fourth-order valence-corrected chi connectivity index (χ4v) is 1.40. The Morgan fingerprint density at radius 1 is 1.08 bits per heavy atom. The van der Waals surface area contributed by atoms with E-state index in [-0.39, 0.29) is 0 Å². The third-order valence-electron chi connectivity index (χ3n) is 2.22. The number of rotatable bonds is 3. The molecule has 0 aliphatic rings. The van der Waals surface area contributed by atoms with Crippen molar-refractivity contribution in [1.29, 1.82) is 0 Å². The van der Waals surface area contributed by atoms with Gasteiger partial charge in [-0.1, -0.05) is 18.2 Å². The first-order valence-corrected chi connectivity index (χ1v) is 4.69. The standard InChI is InChI=1S/C10H15ClN/c1-3-12(11,4-2)10-8-6-5-7-9-10/h5-9H,3-4H2,1-2H3/q+1. The maximum absolute atomic E-state index is 6.37. The first kappa shape index (κ1) is 9.56. The van der Waals surface area contributed by atoms with Gasteiger partial charge in [0.2, 0.25) is 0 Å². The summed E-state index contributed by atoms with van der Waals surface area (Å²) in [5.74, 6) is 0. The Labute approximate surface area is 79.3 Å². The molecule has 0 atom stereocenters. The van der Waals surface area contributed by atoms with Crippen molar-refractivity contribution < 1.29 is 0 Å². The van der Waals surface area contributed by atoms with Gasteiger partial charge in [0.1, 0.15) is 0 Å². The summed E-state index contributed by atoms with van der Waals surface area (Å²) in [7, 11) is 0. The fraction of sp³-hybridized carbons (Fsp3) is 0.400. The summed E-state index contributed by atoms with van der Waals surface area (Å²) in [6.45, 7) is 6.04. The summed E-state index contributed by atoms with van der Waals surface area (Å²) in [4.78, 5) is 0. The number of hydrogen-bond acceptors (Lipinski definition) is 0. The second kappa shape index (κ2) is 3.92. The molecule has 0 unspecified atom stereocenters. The molecular weight excluding hydrogens is 170 g/mol. The van der Waals surface area contributed by atoms with Crippen LogP contribution in [0.3, 0.4) is 0 Å². The van der Waals surface area contributed by atoms with E-state index in [0.717, 1.165) is 13.1 Å². The number of para-hydroxylation sites is 1. The largest absolute Gasteiger partial charge is 0.191 e. The monoisotopic (exact) mass is 184 g/mol. The highest BCUT2D eigenvalue weighted by atomic mass is 35.5. The van der Waals surface area contributed by atoms with Crippen LogP contribution in [-0.4, -0.2) is 13.1 Å². The third-order valence-corrected chi connectivity index (χ3v) is 2.89. The lowest BCUT2D eigenvalue weighted by Gasteiger charge is -2.25. The Kier molecular flexibility index (Phi) is 3.12. The minimum absolute atomic E-state index is 0.501. The van der Waals surface area contributed by atoms with Gasteiger partial charge >= 0.3 is 0 Å². The van der Waals surface area contributed by atoms with E-state index in [9.17, 15) is 0 Å². The number of hydrogen-bond donors (Lipinski definition) is 0. The Bertz CT molecular complexity index is 229. The summed E-state index contributed by atoms with van der Waals surface area (Å²) >= 11 is 6.37. The minimum atomic E-state index is 0.501. The van der Waals surface area contributed by atoms with E-state index in [1.165, 1.54) is 5.69 Å². The number of benzene rings is 1. The zero-order chi connectivity index (χ0) is 9.03. The number of nitrogens with zero attached hydrogens (tertiary/aromatic N) is 1. The lowest BCUT2D eigenvalue weighted by molar-refractivity contribution is 0.490. The Morgan fingerprint density at radius 3 is 2.00 bits per heavy atom. The summed E-state index contributed by atoms with van der Waals surface area (Å²) in [5, 5.41) is 0. The predicted molar refractivity (Wildman–Crippen MR) is 55.2 cm³/mol. The molecule has 1 nitrogen and oxygen atoms in total. The van der Waals surface area contributed by atoms with Crippen LogP contribution in [0.4, 0.5) is 5.69 Å². The highest BCUT2D eigenvalue weighted by molar-refractivity contribution is 6.21. The highest BCUT2D eigenvalue weighted by Crippen LogP contribution is 2.24. The van der Waals surface area contributed by atoms with Crippen molar-refractivity contribution in [2.45, 2.75) is 13.8 Å². The highest BCUT2D eigenvalue weighted by Gasteiger charge is 2.23. The summed E-state index contributed by atoms with van der Waals surface area (Å²) in [5.41, 5.74) is 1.17. The molecule has 1 rings (SSSR count). The Hall–Kier alpha value is -0.530. The molecule has 0 saturated carbocycles. The maximum atomic E-state index is 6.37. The molecule has 0 spiro atoms. The summed E-state index contributed by atoms with van der Waals surface area (Å²) in [6, 6.07) is 10.2. The molecule has 0 amide bonds. The van der Waals surface area contributed by atoms with Crippen molar-refractivity contribution in [1.82, 2.24) is 4.00 Å². The molecule has 0 heterocycles. The van der Waals surface area contributed by atoms with Gasteiger partial charge < -0.3 is 0 Å². The second-order valence-electron chi connectivity index (χ2n) is 2.83. The van der Waals surface area contributed by atoms with Gasteiger partial charge in [-0.3, -0.25) is 0 Å². The lowest BCUT2D eigenvalue weighted by atomic mass is 10.3. The van der Waals surface area contributed by atoms with E-state index >= 15 is 0 Å². The van der Waals surface area contributed by atoms with Crippen LogP contribution in [0.2, 0.25) is 0 Å². The van der Waals surface area contributed by atoms with E-state index < -0.39 is 0 Å². The average Bonchev–Trinajstić information content (AvgIpc) is 2.18. The van der Waals surface area contributed by atoms with Crippen molar-refractivity contribution in [2.75, 3.05) is 13.1 Å². The van der Waals surface area contributed by atoms with E-state index in [4.69, 9.17) is 11.8 Å². The normalized spacial score (nSPS) is 11.6. The van der Waals surface area contributed by atoms with Crippen molar-refractivity contribution in [3.05, 3.63) is 30.3 Å². The third kappa shape index (κ3) is 1.79. The van der Waals surface area contributed by atoms with E-state index in [1.54, 1.807) is 0 Å². The van der Waals surface area contributed by atoms with Crippen LogP contribution in [0.15, 0.2) is 30.3 Å². The Morgan fingerprint density at radius 2 is 1.58 bits per heavy atom. The van der Waals surface area contributed by atoms with Gasteiger partial charge in [-0.25, -0.2) is 0 Å². The fourth-order valence-electron chi connectivity index (χ4n) is 1.28. The van der Waals surface area contributed by atoms with E-state index in [0.29, 0.717) is 4.00 Å². The van der Waals surface area contributed by atoms with Crippen LogP contribution in [0, 0.1) is 0 Å². The molecule has 0 radical (unpaired) electrons. The maximum Gasteiger partial charge on any atom is 0.171 e. The SMILES string of the molecule is CC[N+](Cl)(CC)c1ccccc1. The van der Waals surface area contributed by atoms with Gasteiger partial charge in [0.05, 0.1) is 13.1 Å². The van der Waals surface area contributed by atoms with Gasteiger partial charge in [-0.05, 0) is 13.8 Å². The van der Waals surface area contributed by atoms with Crippen LogP contribution in [0.5, 0.6) is 0 Å². The zero-order valence-corrected chi connectivity index (χ0v) is 8.38. The van der Waals surface area contributed by atoms with Crippen LogP contribution in [0.25, 0.3) is 0 Å². The zero-order valence-electron chi connectivity index (χ0n) is 7.63. The topological polar surface area (TPSA) is 0 Å². The molecule has 1 aromatic rings. The molecule has 12 heavy (non-hydrogen) atoms. The number of halogens is 1. The van der Waals surface area contributed by atoms with Crippen LogP contribution in [0.1, 0.15) is 13.8 Å². The first-order chi connectivity index (χ1) is 5.73. The van der Waals surface area contributed by atoms with Crippen LogP contribution >= 0.6 is 11.8 Å². The number of quaternary nitrogens is 1. The first-order valence-electron chi connectivity index (χ1n) is 4.35. The van der Waals surface area contributed by atoms with Gasteiger partial charge in [0.15, 0.2) is 17.5 Å². The lowest BCUT2D eigenvalue weighted by Crippen LogP contribution is -2.38. The quantitative estimate of drug-likeness (QED) is 0.633. The predicted octanol–water partition coefficient (Wildman–Crippen LogP) is 3.19. The van der Waals surface area contributed by atoms with Crippen molar-refractivity contribution in [3.63, 3.8) is 0 Å². The van der Waals surface area contributed by atoms with Gasteiger partial charge in [-0.2, -0.15) is 4.00 Å². The molecule has 1 aromatic carbocycles. The Balaban J connectivity index is 2.95. The molecule has 0 N–H and O–H groups in total. The van der Waals surface area contributed by atoms with Crippen molar-refractivity contribution in [3.8, 4) is 0 Å². The molecule has 0 bridgehead atoms. The van der Waals surface area contributed by atoms with Crippen molar-refractivity contribution >= 4 is 17.5 Å². The minimum Gasteiger partial charge on any atom is -0.191 e. The molecular formula is C10H15ClN+. The van der Waals surface area contributed by atoms with Gasteiger partial charge in [-0.15, -0.1) is 0 Å². The average molecular weight is 185 g/mol. The van der Waals surface area contributed by atoms with Crippen LogP contribution in [-0.2, 0) is 0 Å².